The van der Waals surface area contributed by atoms with E-state index in [0.29, 0.717) is 5.41 Å². The van der Waals surface area contributed by atoms with Gasteiger partial charge in [-0.1, -0.05) is 5.16 Å². The van der Waals surface area contributed by atoms with Gasteiger partial charge in [0.15, 0.2) is 0 Å². The monoisotopic (exact) mass is 299 g/mol. The molecule has 0 aliphatic carbocycles. The van der Waals surface area contributed by atoms with Crippen molar-refractivity contribution < 1.29 is 4.52 Å². The lowest BCUT2D eigenvalue weighted by atomic mass is 9.79. The third kappa shape index (κ3) is 2.27. The van der Waals surface area contributed by atoms with E-state index in [4.69, 9.17) is 4.52 Å². The van der Waals surface area contributed by atoms with Gasteiger partial charge in [-0.3, -0.25) is 4.90 Å². The van der Waals surface area contributed by atoms with Crippen LogP contribution in [-0.4, -0.2) is 46.2 Å². The number of nitrogens with zero attached hydrogens (tertiary/aromatic N) is 5. The fourth-order valence-electron chi connectivity index (χ4n) is 3.78. The summed E-state index contributed by atoms with van der Waals surface area (Å²) in [7, 11) is 0. The van der Waals surface area contributed by atoms with Gasteiger partial charge >= 0.3 is 0 Å². The Kier molecular flexibility index (Phi) is 3.14. The van der Waals surface area contributed by atoms with Gasteiger partial charge in [-0.15, -0.1) is 0 Å². The minimum atomic E-state index is 0.415. The first-order valence-electron chi connectivity index (χ1n) is 7.81. The van der Waals surface area contributed by atoms with Crippen molar-refractivity contribution in [1.29, 1.82) is 0 Å². The molecule has 2 saturated heterocycles. The molecule has 2 aromatic rings. The van der Waals surface area contributed by atoms with Crippen molar-refractivity contribution in [1.82, 2.24) is 20.0 Å². The van der Waals surface area contributed by atoms with Crippen molar-refractivity contribution >= 4 is 5.95 Å². The Balaban J connectivity index is 1.37. The Morgan fingerprint density at radius 1 is 1.18 bits per heavy atom. The summed E-state index contributed by atoms with van der Waals surface area (Å²) in [5.41, 5.74) is 2.68. The zero-order chi connectivity index (χ0) is 15.2. The number of likely N-dealkylation sites (tertiary alicyclic amines) is 1. The molecular formula is C16H21N5O. The molecule has 0 aromatic carbocycles. The molecule has 4 heterocycles. The molecule has 1 spiro atoms. The zero-order valence-corrected chi connectivity index (χ0v) is 13.1. The van der Waals surface area contributed by atoms with Gasteiger partial charge in [0.2, 0.25) is 5.95 Å². The maximum Gasteiger partial charge on any atom is 0.225 e. The third-order valence-electron chi connectivity index (χ3n) is 4.95. The van der Waals surface area contributed by atoms with Gasteiger partial charge in [-0.2, -0.15) is 0 Å². The standard InChI is InChI=1S/C16H21N5O/c1-12-14(13(2)22-19-12)8-20-9-16(10-20)4-7-21(11-16)15-17-5-3-6-18-15/h3,5-6H,4,7-11H2,1-2H3. The van der Waals surface area contributed by atoms with Crippen LogP contribution in [0.1, 0.15) is 23.4 Å². The summed E-state index contributed by atoms with van der Waals surface area (Å²) in [6.45, 7) is 9.37. The highest BCUT2D eigenvalue weighted by Gasteiger charge is 2.48. The molecule has 2 aliphatic heterocycles. The van der Waals surface area contributed by atoms with Crippen LogP contribution in [0.5, 0.6) is 0 Å². The van der Waals surface area contributed by atoms with E-state index in [-0.39, 0.29) is 0 Å². The normalized spacial score (nSPS) is 20.5. The van der Waals surface area contributed by atoms with E-state index in [0.717, 1.165) is 50.1 Å². The lowest BCUT2D eigenvalue weighted by molar-refractivity contribution is 0.0112. The maximum atomic E-state index is 5.26. The van der Waals surface area contributed by atoms with Crippen LogP contribution in [0.4, 0.5) is 5.95 Å². The van der Waals surface area contributed by atoms with Gasteiger partial charge in [0.1, 0.15) is 5.76 Å². The molecule has 0 bridgehead atoms. The Hall–Kier alpha value is -1.95. The van der Waals surface area contributed by atoms with E-state index in [1.54, 1.807) is 0 Å². The summed E-state index contributed by atoms with van der Waals surface area (Å²) in [6, 6.07) is 1.87. The second-order valence-corrected chi connectivity index (χ2v) is 6.67. The summed E-state index contributed by atoms with van der Waals surface area (Å²) in [6.07, 6.45) is 4.86. The van der Waals surface area contributed by atoms with E-state index in [1.165, 1.54) is 12.0 Å². The first-order valence-corrected chi connectivity index (χ1v) is 7.81. The topological polar surface area (TPSA) is 58.3 Å². The van der Waals surface area contributed by atoms with E-state index >= 15 is 0 Å². The second-order valence-electron chi connectivity index (χ2n) is 6.67. The van der Waals surface area contributed by atoms with Gasteiger partial charge in [-0.25, -0.2) is 9.97 Å². The van der Waals surface area contributed by atoms with Crippen LogP contribution in [0.15, 0.2) is 23.0 Å². The number of aromatic nitrogens is 3. The van der Waals surface area contributed by atoms with Gasteiger partial charge in [0.25, 0.3) is 0 Å². The smallest absolute Gasteiger partial charge is 0.225 e. The van der Waals surface area contributed by atoms with Gasteiger partial charge in [0, 0.05) is 56.1 Å². The van der Waals surface area contributed by atoms with Crippen molar-refractivity contribution in [2.24, 2.45) is 5.41 Å². The SMILES string of the molecule is Cc1noc(C)c1CN1CC2(CCN(c3ncccn3)C2)C1. The van der Waals surface area contributed by atoms with Gasteiger partial charge in [0.05, 0.1) is 5.69 Å². The van der Waals surface area contributed by atoms with Crippen LogP contribution in [0.2, 0.25) is 0 Å². The summed E-state index contributed by atoms with van der Waals surface area (Å²) >= 11 is 0. The van der Waals surface area contributed by atoms with Crippen LogP contribution >= 0.6 is 0 Å². The lowest BCUT2D eigenvalue weighted by Gasteiger charge is -2.48. The predicted molar refractivity (Wildman–Crippen MR) is 82.5 cm³/mol. The highest BCUT2D eigenvalue weighted by Crippen LogP contribution is 2.41. The quantitative estimate of drug-likeness (QED) is 0.861. The number of hydrogen-bond acceptors (Lipinski definition) is 6. The van der Waals surface area contributed by atoms with Crippen LogP contribution < -0.4 is 4.90 Å². The molecule has 2 aromatic heterocycles. The fourth-order valence-corrected chi connectivity index (χ4v) is 3.78. The van der Waals surface area contributed by atoms with Crippen molar-refractivity contribution in [3.8, 4) is 0 Å². The van der Waals surface area contributed by atoms with Crippen LogP contribution in [0.25, 0.3) is 0 Å². The number of hydrogen-bond donors (Lipinski definition) is 0. The minimum absolute atomic E-state index is 0.415. The van der Waals surface area contributed by atoms with Crippen molar-refractivity contribution in [3.63, 3.8) is 0 Å². The van der Waals surface area contributed by atoms with E-state index < -0.39 is 0 Å². The predicted octanol–water partition coefficient (Wildman–Crippen LogP) is 1.79. The number of rotatable bonds is 3. The van der Waals surface area contributed by atoms with E-state index in [9.17, 15) is 0 Å². The largest absolute Gasteiger partial charge is 0.361 e. The molecule has 6 heteroatoms. The third-order valence-corrected chi connectivity index (χ3v) is 4.95. The minimum Gasteiger partial charge on any atom is -0.361 e. The van der Waals surface area contributed by atoms with Crippen molar-refractivity contribution in [3.05, 3.63) is 35.5 Å². The summed E-state index contributed by atoms with van der Waals surface area (Å²) in [5.74, 6) is 1.81. The first-order chi connectivity index (χ1) is 10.7. The molecule has 4 rings (SSSR count). The lowest BCUT2D eigenvalue weighted by Crippen LogP contribution is -2.57. The Morgan fingerprint density at radius 2 is 1.95 bits per heavy atom. The zero-order valence-electron chi connectivity index (χ0n) is 13.1. The molecule has 0 amide bonds. The summed E-state index contributed by atoms with van der Waals surface area (Å²) in [5, 5.41) is 4.04. The van der Waals surface area contributed by atoms with Gasteiger partial charge in [-0.05, 0) is 26.3 Å². The highest BCUT2D eigenvalue weighted by molar-refractivity contribution is 5.33. The van der Waals surface area contributed by atoms with Gasteiger partial charge < -0.3 is 9.42 Å². The number of aryl methyl sites for hydroxylation is 2. The molecule has 0 N–H and O–H groups in total. The van der Waals surface area contributed by atoms with Crippen LogP contribution in [0.3, 0.4) is 0 Å². The Morgan fingerprint density at radius 3 is 2.64 bits per heavy atom. The molecule has 0 unspecified atom stereocenters. The van der Waals surface area contributed by atoms with Crippen molar-refractivity contribution in [2.45, 2.75) is 26.8 Å². The van der Waals surface area contributed by atoms with E-state index in [2.05, 4.69) is 24.9 Å². The average molecular weight is 299 g/mol. The fraction of sp³-hybridized carbons (Fsp3) is 0.562. The average Bonchev–Trinajstić information content (AvgIpc) is 3.07. The highest BCUT2D eigenvalue weighted by atomic mass is 16.5. The molecule has 2 aliphatic rings. The molecule has 0 saturated carbocycles. The molecule has 0 atom stereocenters. The Bertz CT molecular complexity index is 643. The molecule has 2 fully saturated rings. The maximum absolute atomic E-state index is 5.26. The Labute approximate surface area is 130 Å². The molecule has 22 heavy (non-hydrogen) atoms. The number of anilines is 1. The summed E-state index contributed by atoms with van der Waals surface area (Å²) in [4.78, 5) is 13.5. The van der Waals surface area contributed by atoms with Crippen LogP contribution in [-0.2, 0) is 6.54 Å². The molecular weight excluding hydrogens is 278 g/mol. The molecule has 116 valence electrons. The second kappa shape index (κ2) is 5.05. The summed E-state index contributed by atoms with van der Waals surface area (Å²) < 4.78 is 5.26. The molecule has 6 nitrogen and oxygen atoms in total. The first kappa shape index (κ1) is 13.7. The van der Waals surface area contributed by atoms with E-state index in [1.807, 2.05) is 32.3 Å². The van der Waals surface area contributed by atoms with Crippen LogP contribution in [0, 0.1) is 19.3 Å². The molecule has 0 radical (unpaired) electrons. The van der Waals surface area contributed by atoms with Crippen molar-refractivity contribution in [2.75, 3.05) is 31.1 Å².